The molecule has 0 spiro atoms. The third-order valence-electron chi connectivity index (χ3n) is 2.76. The first-order valence-electron chi connectivity index (χ1n) is 5.27. The van der Waals surface area contributed by atoms with Crippen LogP contribution in [0, 0.1) is 10.3 Å². The van der Waals surface area contributed by atoms with Crippen molar-refractivity contribution in [2.24, 2.45) is 10.6 Å². The summed E-state index contributed by atoms with van der Waals surface area (Å²) in [5.41, 5.74) is 0.281. The largest absolute Gasteiger partial charge is 0.381 e. The van der Waals surface area contributed by atoms with Crippen molar-refractivity contribution < 1.29 is 9.47 Å². The minimum Gasteiger partial charge on any atom is -0.381 e. The normalized spacial score (nSPS) is 18.9. The number of hydrogen-bond acceptors (Lipinski definition) is 4. The van der Waals surface area contributed by atoms with Gasteiger partial charge in [-0.1, -0.05) is 12.1 Å². The molecule has 1 fully saturated rings. The Morgan fingerprint density at radius 1 is 1.43 bits per heavy atom. The molecule has 0 aromatic carbocycles. The molecule has 4 heteroatoms. The van der Waals surface area contributed by atoms with Gasteiger partial charge < -0.3 is 9.47 Å². The van der Waals surface area contributed by atoms with E-state index in [0.717, 1.165) is 45.7 Å². The van der Waals surface area contributed by atoms with E-state index in [2.05, 4.69) is 12.1 Å². The monoisotopic (exact) mass is 201 g/mol. The fraction of sp³-hybridized carbons (Fsp3) is 1.00. The Balaban J connectivity index is 1.95. The molecule has 0 atom stereocenters. The van der Waals surface area contributed by atoms with Gasteiger partial charge in [-0.25, -0.2) is 0 Å². The molecule has 0 N–H and O–H groups in total. The van der Waals surface area contributed by atoms with E-state index in [1.165, 1.54) is 0 Å². The van der Waals surface area contributed by atoms with Crippen LogP contribution in [0.1, 0.15) is 26.2 Å². The molecule has 0 saturated carbocycles. The first-order chi connectivity index (χ1) is 6.83. The first-order valence-corrected chi connectivity index (χ1v) is 5.27. The minimum atomic E-state index is 0.281. The third-order valence-corrected chi connectivity index (χ3v) is 2.76. The molecule has 14 heavy (non-hydrogen) atoms. The van der Waals surface area contributed by atoms with Gasteiger partial charge in [-0.05, 0) is 19.3 Å². The molecule has 1 heterocycles. The molecule has 0 radical (unpaired) electrons. The molecule has 0 aromatic heterocycles. The molecular formula is C10H19NO3. The van der Waals surface area contributed by atoms with E-state index in [1.54, 1.807) is 0 Å². The Kier molecular flexibility index (Phi) is 5.04. The van der Waals surface area contributed by atoms with Crippen LogP contribution in [0.5, 0.6) is 0 Å². The third kappa shape index (κ3) is 3.35. The second-order valence-corrected chi connectivity index (χ2v) is 3.96. The van der Waals surface area contributed by atoms with Crippen LogP contribution < -0.4 is 0 Å². The summed E-state index contributed by atoms with van der Waals surface area (Å²) in [6.45, 7) is 5.77. The topological polar surface area (TPSA) is 47.9 Å². The van der Waals surface area contributed by atoms with E-state index in [0.29, 0.717) is 6.54 Å². The van der Waals surface area contributed by atoms with Crippen LogP contribution >= 0.6 is 0 Å². The first kappa shape index (κ1) is 11.6. The van der Waals surface area contributed by atoms with Crippen molar-refractivity contribution in [3.05, 3.63) is 4.91 Å². The number of ether oxygens (including phenoxy) is 2. The van der Waals surface area contributed by atoms with E-state index in [1.807, 2.05) is 0 Å². The Morgan fingerprint density at radius 2 is 2.21 bits per heavy atom. The molecule has 1 aliphatic rings. The lowest BCUT2D eigenvalue weighted by atomic mass is 9.84. The predicted molar refractivity (Wildman–Crippen MR) is 54.3 cm³/mol. The lowest BCUT2D eigenvalue weighted by Crippen LogP contribution is -2.45. The molecular weight excluding hydrogens is 182 g/mol. The number of nitrogens with zero attached hydrogens (tertiary/aromatic N) is 1. The highest BCUT2D eigenvalue weighted by atomic mass is 16.5. The van der Waals surface area contributed by atoms with E-state index in [4.69, 9.17) is 9.47 Å². The fourth-order valence-electron chi connectivity index (χ4n) is 1.45. The van der Waals surface area contributed by atoms with Crippen LogP contribution in [0.15, 0.2) is 5.18 Å². The van der Waals surface area contributed by atoms with Gasteiger partial charge in [0, 0.05) is 12.0 Å². The smallest absolute Gasteiger partial charge is 0.0812 e. The minimum absolute atomic E-state index is 0.281. The summed E-state index contributed by atoms with van der Waals surface area (Å²) in [5.74, 6) is 0. The standard InChI is InChI=1S/C10H19NO3/c1-2-10(8-14-9-10)7-13-6-4-3-5-11-12/h2-9H2,1H3. The van der Waals surface area contributed by atoms with Gasteiger partial charge in [0.2, 0.25) is 0 Å². The highest BCUT2D eigenvalue weighted by Gasteiger charge is 2.36. The molecule has 0 unspecified atom stereocenters. The van der Waals surface area contributed by atoms with Gasteiger partial charge in [0.25, 0.3) is 0 Å². The van der Waals surface area contributed by atoms with Crippen molar-refractivity contribution in [1.29, 1.82) is 0 Å². The van der Waals surface area contributed by atoms with Gasteiger partial charge in [0.15, 0.2) is 0 Å². The highest BCUT2D eigenvalue weighted by molar-refractivity contribution is 4.83. The molecule has 1 rings (SSSR count). The van der Waals surface area contributed by atoms with Gasteiger partial charge in [-0.2, -0.15) is 4.91 Å². The Labute approximate surface area is 84.9 Å². The number of rotatable bonds is 8. The summed E-state index contributed by atoms with van der Waals surface area (Å²) in [7, 11) is 0. The van der Waals surface area contributed by atoms with Crippen LogP contribution in [0.3, 0.4) is 0 Å². The van der Waals surface area contributed by atoms with Crippen LogP contribution in [0.25, 0.3) is 0 Å². The van der Waals surface area contributed by atoms with Crippen molar-refractivity contribution in [2.75, 3.05) is 33.0 Å². The van der Waals surface area contributed by atoms with Crippen molar-refractivity contribution in [1.82, 2.24) is 0 Å². The van der Waals surface area contributed by atoms with Crippen molar-refractivity contribution in [2.45, 2.75) is 26.2 Å². The van der Waals surface area contributed by atoms with Crippen molar-refractivity contribution in [3.63, 3.8) is 0 Å². The summed E-state index contributed by atoms with van der Waals surface area (Å²) in [5, 5.41) is 2.80. The summed E-state index contributed by atoms with van der Waals surface area (Å²) < 4.78 is 10.7. The van der Waals surface area contributed by atoms with Gasteiger partial charge in [-0.15, -0.1) is 0 Å². The molecule has 4 nitrogen and oxygen atoms in total. The van der Waals surface area contributed by atoms with Gasteiger partial charge in [-0.3, -0.25) is 0 Å². The Morgan fingerprint density at radius 3 is 2.71 bits per heavy atom. The molecule has 1 aliphatic heterocycles. The average molecular weight is 201 g/mol. The SMILES string of the molecule is CCC1(COCCCCN=O)COC1. The van der Waals surface area contributed by atoms with Gasteiger partial charge in [0.1, 0.15) is 0 Å². The van der Waals surface area contributed by atoms with E-state index >= 15 is 0 Å². The maximum atomic E-state index is 9.79. The van der Waals surface area contributed by atoms with E-state index in [9.17, 15) is 4.91 Å². The van der Waals surface area contributed by atoms with Crippen LogP contribution in [-0.4, -0.2) is 33.0 Å². The average Bonchev–Trinajstić information content (AvgIpc) is 2.15. The quantitative estimate of drug-likeness (QED) is 0.445. The molecule has 1 saturated heterocycles. The lowest BCUT2D eigenvalue weighted by Gasteiger charge is -2.40. The zero-order valence-electron chi connectivity index (χ0n) is 8.83. The molecule has 0 aromatic rings. The van der Waals surface area contributed by atoms with E-state index < -0.39 is 0 Å². The second kappa shape index (κ2) is 6.09. The van der Waals surface area contributed by atoms with Crippen molar-refractivity contribution >= 4 is 0 Å². The number of unbranched alkanes of at least 4 members (excludes halogenated alkanes) is 1. The molecule has 82 valence electrons. The van der Waals surface area contributed by atoms with Crippen LogP contribution in [0.4, 0.5) is 0 Å². The molecule has 0 amide bonds. The number of nitroso groups, excluding NO2 is 1. The van der Waals surface area contributed by atoms with Gasteiger partial charge in [0.05, 0.1) is 26.4 Å². The zero-order chi connectivity index (χ0) is 10.3. The molecule has 0 aliphatic carbocycles. The Hall–Kier alpha value is -0.480. The summed E-state index contributed by atoms with van der Waals surface area (Å²) >= 11 is 0. The summed E-state index contributed by atoms with van der Waals surface area (Å²) in [4.78, 5) is 9.79. The maximum absolute atomic E-state index is 9.79. The van der Waals surface area contributed by atoms with Crippen LogP contribution in [-0.2, 0) is 9.47 Å². The van der Waals surface area contributed by atoms with E-state index in [-0.39, 0.29) is 5.41 Å². The predicted octanol–water partition coefficient (Wildman–Crippen LogP) is 1.98. The fourth-order valence-corrected chi connectivity index (χ4v) is 1.45. The molecule has 0 bridgehead atoms. The highest BCUT2D eigenvalue weighted by Crippen LogP contribution is 2.31. The summed E-state index contributed by atoms with van der Waals surface area (Å²) in [6, 6.07) is 0. The maximum Gasteiger partial charge on any atom is 0.0812 e. The lowest BCUT2D eigenvalue weighted by molar-refractivity contribution is -0.150. The summed E-state index contributed by atoms with van der Waals surface area (Å²) in [6.07, 6.45) is 2.87. The van der Waals surface area contributed by atoms with Crippen LogP contribution in [0.2, 0.25) is 0 Å². The second-order valence-electron chi connectivity index (χ2n) is 3.96. The Bertz CT molecular complexity index is 163. The van der Waals surface area contributed by atoms with Crippen molar-refractivity contribution in [3.8, 4) is 0 Å². The van der Waals surface area contributed by atoms with Gasteiger partial charge >= 0.3 is 0 Å². The number of hydrogen-bond donors (Lipinski definition) is 0. The zero-order valence-corrected chi connectivity index (χ0v) is 8.83.